The minimum absolute atomic E-state index is 0.175. The van der Waals surface area contributed by atoms with Crippen LogP contribution in [0.4, 0.5) is 0 Å². The number of carbonyl (C=O) groups excluding carboxylic acids is 1. The SMILES string of the molecule is CN(O)C(=O)CCCc1nc(-c2ccc(S(C)(=O)=O)cc2)c(-c2ccccc2)o1. The van der Waals surface area contributed by atoms with E-state index in [2.05, 4.69) is 4.98 Å². The highest BCUT2D eigenvalue weighted by atomic mass is 32.2. The van der Waals surface area contributed by atoms with Gasteiger partial charge in [-0.05, 0) is 18.6 Å². The van der Waals surface area contributed by atoms with Crippen LogP contribution in [0.5, 0.6) is 0 Å². The van der Waals surface area contributed by atoms with Crippen LogP contribution in [-0.4, -0.2) is 42.9 Å². The van der Waals surface area contributed by atoms with E-state index in [9.17, 15) is 13.2 Å². The average molecular weight is 414 g/mol. The van der Waals surface area contributed by atoms with Gasteiger partial charge in [0.15, 0.2) is 21.5 Å². The van der Waals surface area contributed by atoms with Crippen LogP contribution in [0.1, 0.15) is 18.7 Å². The lowest BCUT2D eigenvalue weighted by Crippen LogP contribution is -2.22. The van der Waals surface area contributed by atoms with Crippen molar-refractivity contribution in [1.82, 2.24) is 10.0 Å². The topological polar surface area (TPSA) is 101 Å². The highest BCUT2D eigenvalue weighted by Crippen LogP contribution is 2.33. The van der Waals surface area contributed by atoms with Crippen LogP contribution in [0.25, 0.3) is 22.6 Å². The van der Waals surface area contributed by atoms with Gasteiger partial charge < -0.3 is 4.42 Å². The molecule has 152 valence electrons. The number of hydrogen-bond donors (Lipinski definition) is 1. The summed E-state index contributed by atoms with van der Waals surface area (Å²) in [6.45, 7) is 0. The van der Waals surface area contributed by atoms with Gasteiger partial charge in [-0.2, -0.15) is 0 Å². The fourth-order valence-corrected chi connectivity index (χ4v) is 3.50. The van der Waals surface area contributed by atoms with Crippen molar-refractivity contribution in [1.29, 1.82) is 0 Å². The molecule has 1 aromatic heterocycles. The summed E-state index contributed by atoms with van der Waals surface area (Å²) < 4.78 is 29.4. The summed E-state index contributed by atoms with van der Waals surface area (Å²) in [5.41, 5.74) is 2.19. The molecule has 0 radical (unpaired) electrons. The van der Waals surface area contributed by atoms with Crippen molar-refractivity contribution in [3.05, 3.63) is 60.5 Å². The van der Waals surface area contributed by atoms with E-state index in [-0.39, 0.29) is 17.2 Å². The summed E-state index contributed by atoms with van der Waals surface area (Å²) in [4.78, 5) is 16.4. The predicted octanol–water partition coefficient (Wildman–Crippen LogP) is 3.58. The first-order chi connectivity index (χ1) is 13.8. The van der Waals surface area contributed by atoms with E-state index in [1.54, 1.807) is 24.3 Å². The van der Waals surface area contributed by atoms with Gasteiger partial charge in [-0.15, -0.1) is 0 Å². The van der Waals surface area contributed by atoms with Crippen molar-refractivity contribution in [3.63, 3.8) is 0 Å². The molecule has 0 spiro atoms. The summed E-state index contributed by atoms with van der Waals surface area (Å²) >= 11 is 0. The second-order valence-corrected chi connectivity index (χ2v) is 8.73. The third-order valence-corrected chi connectivity index (χ3v) is 5.53. The molecular weight excluding hydrogens is 392 g/mol. The normalized spacial score (nSPS) is 11.4. The Balaban J connectivity index is 1.92. The van der Waals surface area contributed by atoms with Crippen molar-refractivity contribution in [2.45, 2.75) is 24.2 Å². The number of hydrogen-bond acceptors (Lipinski definition) is 6. The van der Waals surface area contributed by atoms with Gasteiger partial charge in [0, 0.05) is 37.3 Å². The van der Waals surface area contributed by atoms with Crippen molar-refractivity contribution < 1.29 is 22.8 Å². The lowest BCUT2D eigenvalue weighted by molar-refractivity contribution is -0.159. The van der Waals surface area contributed by atoms with E-state index >= 15 is 0 Å². The molecule has 29 heavy (non-hydrogen) atoms. The van der Waals surface area contributed by atoms with E-state index in [4.69, 9.17) is 9.62 Å². The molecule has 0 aliphatic heterocycles. The van der Waals surface area contributed by atoms with Gasteiger partial charge in [-0.3, -0.25) is 10.0 Å². The molecule has 0 bridgehead atoms. The molecule has 0 atom stereocenters. The highest BCUT2D eigenvalue weighted by molar-refractivity contribution is 7.90. The third kappa shape index (κ3) is 5.10. The first kappa shape index (κ1) is 20.8. The Morgan fingerprint density at radius 1 is 1.07 bits per heavy atom. The quantitative estimate of drug-likeness (QED) is 0.468. The van der Waals surface area contributed by atoms with Crippen LogP contribution < -0.4 is 0 Å². The van der Waals surface area contributed by atoms with Crippen molar-refractivity contribution in [2.24, 2.45) is 0 Å². The fraction of sp³-hybridized carbons (Fsp3) is 0.238. The summed E-state index contributed by atoms with van der Waals surface area (Å²) in [7, 11) is -2.00. The summed E-state index contributed by atoms with van der Waals surface area (Å²) in [6, 6.07) is 16.0. The predicted molar refractivity (Wildman–Crippen MR) is 108 cm³/mol. The number of hydroxylamine groups is 2. The summed E-state index contributed by atoms with van der Waals surface area (Å²) in [6.07, 6.45) is 2.25. The van der Waals surface area contributed by atoms with Crippen LogP contribution in [0.2, 0.25) is 0 Å². The molecule has 2 aromatic carbocycles. The van der Waals surface area contributed by atoms with Crippen LogP contribution in [-0.2, 0) is 21.1 Å². The summed E-state index contributed by atoms with van der Waals surface area (Å²) in [5, 5.41) is 9.71. The largest absolute Gasteiger partial charge is 0.440 e. The molecule has 8 heteroatoms. The molecule has 0 saturated heterocycles. The number of carbonyl (C=O) groups is 1. The lowest BCUT2D eigenvalue weighted by atomic mass is 10.1. The number of aromatic nitrogens is 1. The van der Waals surface area contributed by atoms with Gasteiger partial charge in [0.2, 0.25) is 5.91 Å². The summed E-state index contributed by atoms with van der Waals surface area (Å²) in [5.74, 6) is 0.675. The maximum absolute atomic E-state index is 11.7. The Bertz CT molecular complexity index is 1090. The van der Waals surface area contributed by atoms with Crippen molar-refractivity contribution >= 4 is 15.7 Å². The van der Waals surface area contributed by atoms with Crippen molar-refractivity contribution in [2.75, 3.05) is 13.3 Å². The number of oxazole rings is 1. The van der Waals surface area contributed by atoms with Crippen LogP contribution in [0.3, 0.4) is 0 Å². The molecule has 1 N–H and O–H groups in total. The fourth-order valence-electron chi connectivity index (χ4n) is 2.86. The first-order valence-corrected chi connectivity index (χ1v) is 11.0. The van der Waals surface area contributed by atoms with Gasteiger partial charge in [-0.25, -0.2) is 18.5 Å². The number of amides is 1. The molecule has 1 heterocycles. The molecule has 0 unspecified atom stereocenters. The molecule has 1 amide bonds. The van der Waals surface area contributed by atoms with Crippen molar-refractivity contribution in [3.8, 4) is 22.6 Å². The monoisotopic (exact) mass is 414 g/mol. The first-order valence-electron chi connectivity index (χ1n) is 9.07. The molecule has 3 rings (SSSR count). The molecule has 0 aliphatic carbocycles. The van der Waals surface area contributed by atoms with Crippen LogP contribution >= 0.6 is 0 Å². The Morgan fingerprint density at radius 2 is 1.72 bits per heavy atom. The smallest absolute Gasteiger partial charge is 0.245 e. The maximum Gasteiger partial charge on any atom is 0.245 e. The number of benzene rings is 2. The van der Waals surface area contributed by atoms with E-state index in [0.717, 1.165) is 17.4 Å². The molecular formula is C21H22N2O5S. The maximum atomic E-state index is 11.7. The Labute approximate surface area is 169 Å². The lowest BCUT2D eigenvalue weighted by Gasteiger charge is -2.06. The van der Waals surface area contributed by atoms with Crippen LogP contribution in [0.15, 0.2) is 63.9 Å². The van der Waals surface area contributed by atoms with E-state index in [1.807, 2.05) is 30.3 Å². The number of sulfone groups is 1. The Morgan fingerprint density at radius 3 is 2.31 bits per heavy atom. The van der Waals surface area contributed by atoms with Gasteiger partial charge >= 0.3 is 0 Å². The zero-order valence-electron chi connectivity index (χ0n) is 16.2. The number of rotatable bonds is 7. The van der Waals surface area contributed by atoms with Gasteiger partial charge in [-0.1, -0.05) is 42.5 Å². The number of nitrogens with zero attached hydrogens (tertiary/aromatic N) is 2. The van der Waals surface area contributed by atoms with E-state index in [0.29, 0.717) is 35.2 Å². The zero-order valence-corrected chi connectivity index (χ0v) is 17.0. The van der Waals surface area contributed by atoms with E-state index < -0.39 is 9.84 Å². The standard InChI is InChI=1S/C21H22N2O5S/c1-23(25)19(24)10-6-9-18-22-20(21(28-18)16-7-4-3-5-8-16)15-11-13-17(14-12-15)29(2,26)27/h3-5,7-8,11-14,25H,6,9-10H2,1-2H3. The third-order valence-electron chi connectivity index (χ3n) is 4.41. The molecule has 7 nitrogen and oxygen atoms in total. The number of aryl methyl sites for hydroxylation is 1. The second kappa shape index (κ2) is 8.59. The van der Waals surface area contributed by atoms with Crippen LogP contribution in [0, 0.1) is 0 Å². The highest BCUT2D eigenvalue weighted by Gasteiger charge is 2.18. The molecule has 3 aromatic rings. The second-order valence-electron chi connectivity index (χ2n) is 6.72. The molecule has 0 fully saturated rings. The Kier molecular flexibility index (Phi) is 6.14. The van der Waals surface area contributed by atoms with E-state index in [1.165, 1.54) is 7.05 Å². The molecule has 0 aliphatic rings. The Hall–Kier alpha value is -2.97. The minimum atomic E-state index is -3.29. The van der Waals surface area contributed by atoms with Gasteiger partial charge in [0.05, 0.1) is 4.90 Å². The van der Waals surface area contributed by atoms with Gasteiger partial charge in [0.25, 0.3) is 0 Å². The van der Waals surface area contributed by atoms with Gasteiger partial charge in [0.1, 0.15) is 5.69 Å². The zero-order chi connectivity index (χ0) is 21.0. The molecule has 0 saturated carbocycles. The minimum Gasteiger partial charge on any atom is -0.440 e. The average Bonchev–Trinajstić information content (AvgIpc) is 3.12.